The summed E-state index contributed by atoms with van der Waals surface area (Å²) in [5, 5.41) is 0. The predicted octanol–water partition coefficient (Wildman–Crippen LogP) is 3.72. The van der Waals surface area contributed by atoms with Gasteiger partial charge in [0.25, 0.3) is 0 Å². The molecule has 2 heterocycles. The molecule has 168 valence electrons. The number of rotatable bonds is 9. The lowest BCUT2D eigenvalue weighted by molar-refractivity contribution is -0.169. The highest BCUT2D eigenvalue weighted by Crippen LogP contribution is 2.33. The van der Waals surface area contributed by atoms with E-state index in [1.165, 1.54) is 5.56 Å². The molecule has 0 radical (unpaired) electrons. The van der Waals surface area contributed by atoms with Crippen molar-refractivity contribution in [1.82, 2.24) is 4.72 Å². The number of hydrogen-bond acceptors (Lipinski definition) is 5. The molecule has 6 nitrogen and oxygen atoms in total. The quantitative estimate of drug-likeness (QED) is 0.597. The standard InChI is InChI=1S/C24H32N2O4S/c27-31(28,25-16-6-2-5-9-21-7-3-1-4-8-21)23-12-10-22(11-13-23)26-17-14-24(15-18-26)29-19-20-30-24/h1,3-4,7-8,10-13,25H,2,5-6,9,14-20H2. The van der Waals surface area contributed by atoms with E-state index in [0.717, 1.165) is 57.3 Å². The number of anilines is 1. The van der Waals surface area contributed by atoms with E-state index in [-0.39, 0.29) is 0 Å². The summed E-state index contributed by atoms with van der Waals surface area (Å²) in [6.07, 6.45) is 5.60. The third kappa shape index (κ3) is 5.86. The third-order valence-corrected chi connectivity index (χ3v) is 7.61. The SMILES string of the molecule is O=S(=O)(NCCCCCc1ccccc1)c1ccc(N2CCC3(CC2)OCCO3)cc1. The fraction of sp³-hybridized carbons (Fsp3) is 0.500. The Kier molecular flexibility index (Phi) is 7.27. The van der Waals surface area contributed by atoms with Crippen LogP contribution in [0.4, 0.5) is 5.69 Å². The monoisotopic (exact) mass is 444 g/mol. The first-order chi connectivity index (χ1) is 15.1. The summed E-state index contributed by atoms with van der Waals surface area (Å²) in [5.41, 5.74) is 2.36. The van der Waals surface area contributed by atoms with Gasteiger partial charge in [0.2, 0.25) is 10.0 Å². The van der Waals surface area contributed by atoms with Crippen LogP contribution in [-0.2, 0) is 25.9 Å². The van der Waals surface area contributed by atoms with Crippen LogP contribution in [0.25, 0.3) is 0 Å². The Morgan fingerprint density at radius 3 is 2.23 bits per heavy atom. The molecule has 0 atom stereocenters. The van der Waals surface area contributed by atoms with E-state index in [2.05, 4.69) is 33.9 Å². The van der Waals surface area contributed by atoms with Crippen LogP contribution in [0.2, 0.25) is 0 Å². The summed E-state index contributed by atoms with van der Waals surface area (Å²) in [4.78, 5) is 2.57. The molecule has 2 aromatic rings. The predicted molar refractivity (Wildman–Crippen MR) is 122 cm³/mol. The molecular formula is C24H32N2O4S. The molecular weight excluding hydrogens is 412 g/mol. The number of nitrogens with one attached hydrogen (secondary N) is 1. The van der Waals surface area contributed by atoms with E-state index in [4.69, 9.17) is 9.47 Å². The van der Waals surface area contributed by atoms with E-state index in [1.807, 2.05) is 18.2 Å². The highest BCUT2D eigenvalue weighted by atomic mass is 32.2. The second-order valence-corrected chi connectivity index (χ2v) is 10.0. The van der Waals surface area contributed by atoms with Gasteiger partial charge in [0, 0.05) is 38.2 Å². The second-order valence-electron chi connectivity index (χ2n) is 8.28. The number of piperidine rings is 1. The Morgan fingerprint density at radius 2 is 1.55 bits per heavy atom. The number of nitrogens with zero attached hydrogens (tertiary/aromatic N) is 1. The van der Waals surface area contributed by atoms with Gasteiger partial charge in [-0.05, 0) is 49.1 Å². The number of unbranched alkanes of at least 4 members (excludes halogenated alkanes) is 2. The molecule has 2 aliphatic heterocycles. The van der Waals surface area contributed by atoms with Gasteiger partial charge >= 0.3 is 0 Å². The molecule has 31 heavy (non-hydrogen) atoms. The lowest BCUT2D eigenvalue weighted by atomic mass is 10.0. The molecule has 2 aliphatic rings. The Balaban J connectivity index is 1.20. The fourth-order valence-electron chi connectivity index (χ4n) is 4.29. The smallest absolute Gasteiger partial charge is 0.240 e. The van der Waals surface area contributed by atoms with Gasteiger partial charge in [-0.3, -0.25) is 0 Å². The summed E-state index contributed by atoms with van der Waals surface area (Å²) in [6.45, 7) is 3.49. The van der Waals surface area contributed by atoms with Crippen LogP contribution in [0, 0.1) is 0 Å². The van der Waals surface area contributed by atoms with Gasteiger partial charge < -0.3 is 14.4 Å². The molecule has 4 rings (SSSR count). The molecule has 0 saturated carbocycles. The van der Waals surface area contributed by atoms with Crippen LogP contribution in [0.3, 0.4) is 0 Å². The van der Waals surface area contributed by atoms with Gasteiger partial charge in [0.1, 0.15) is 0 Å². The zero-order valence-corrected chi connectivity index (χ0v) is 18.8. The van der Waals surface area contributed by atoms with Crippen LogP contribution in [-0.4, -0.2) is 47.1 Å². The summed E-state index contributed by atoms with van der Waals surface area (Å²) >= 11 is 0. The van der Waals surface area contributed by atoms with E-state index < -0.39 is 15.8 Å². The zero-order chi connectivity index (χ0) is 21.6. The van der Waals surface area contributed by atoms with Crippen LogP contribution < -0.4 is 9.62 Å². The minimum atomic E-state index is -3.47. The van der Waals surface area contributed by atoms with E-state index >= 15 is 0 Å². The molecule has 2 aromatic carbocycles. The Hall–Kier alpha value is -1.93. The Bertz CT molecular complexity index is 916. The highest BCUT2D eigenvalue weighted by Gasteiger charge is 2.39. The van der Waals surface area contributed by atoms with Crippen molar-refractivity contribution < 1.29 is 17.9 Å². The van der Waals surface area contributed by atoms with Gasteiger partial charge in [0.15, 0.2) is 5.79 Å². The van der Waals surface area contributed by atoms with Crippen LogP contribution in [0.15, 0.2) is 59.5 Å². The van der Waals surface area contributed by atoms with Gasteiger partial charge in [-0.25, -0.2) is 13.1 Å². The summed E-state index contributed by atoms with van der Waals surface area (Å²) in [5.74, 6) is -0.398. The molecule has 2 fully saturated rings. The average Bonchev–Trinajstić information content (AvgIpc) is 3.25. The molecule has 1 spiro atoms. The normalized spacial score (nSPS) is 18.5. The van der Waals surface area contributed by atoms with Crippen molar-refractivity contribution in [3.05, 3.63) is 60.2 Å². The number of ether oxygens (including phenoxy) is 2. The van der Waals surface area contributed by atoms with Gasteiger partial charge in [0.05, 0.1) is 18.1 Å². The van der Waals surface area contributed by atoms with Crippen molar-refractivity contribution >= 4 is 15.7 Å². The Labute approximate surface area is 185 Å². The molecule has 0 unspecified atom stereocenters. The molecule has 0 aliphatic carbocycles. The molecule has 0 aromatic heterocycles. The lowest BCUT2D eigenvalue weighted by Gasteiger charge is -2.38. The molecule has 0 amide bonds. The van der Waals surface area contributed by atoms with Crippen molar-refractivity contribution in [3.63, 3.8) is 0 Å². The topological polar surface area (TPSA) is 67.9 Å². The van der Waals surface area contributed by atoms with E-state index in [0.29, 0.717) is 24.7 Å². The minimum absolute atomic E-state index is 0.316. The van der Waals surface area contributed by atoms with Crippen LogP contribution in [0.5, 0.6) is 0 Å². The second kappa shape index (κ2) is 10.1. The van der Waals surface area contributed by atoms with Crippen molar-refractivity contribution in [2.45, 2.75) is 49.2 Å². The van der Waals surface area contributed by atoms with E-state index in [1.54, 1.807) is 12.1 Å². The number of aryl methyl sites for hydroxylation is 1. The average molecular weight is 445 g/mol. The van der Waals surface area contributed by atoms with Gasteiger partial charge in [-0.1, -0.05) is 36.8 Å². The molecule has 7 heteroatoms. The van der Waals surface area contributed by atoms with Gasteiger partial charge in [-0.2, -0.15) is 0 Å². The molecule has 2 saturated heterocycles. The fourth-order valence-corrected chi connectivity index (χ4v) is 5.37. The van der Waals surface area contributed by atoms with Gasteiger partial charge in [-0.15, -0.1) is 0 Å². The minimum Gasteiger partial charge on any atom is -0.371 e. The first-order valence-electron chi connectivity index (χ1n) is 11.2. The van der Waals surface area contributed by atoms with Crippen LogP contribution >= 0.6 is 0 Å². The van der Waals surface area contributed by atoms with Crippen molar-refractivity contribution in [1.29, 1.82) is 0 Å². The number of hydrogen-bond donors (Lipinski definition) is 1. The van der Waals surface area contributed by atoms with Crippen molar-refractivity contribution in [2.24, 2.45) is 0 Å². The largest absolute Gasteiger partial charge is 0.371 e. The molecule has 0 bridgehead atoms. The highest BCUT2D eigenvalue weighted by molar-refractivity contribution is 7.89. The van der Waals surface area contributed by atoms with Crippen molar-refractivity contribution in [2.75, 3.05) is 37.7 Å². The number of sulfonamides is 1. The maximum Gasteiger partial charge on any atom is 0.240 e. The molecule has 1 N–H and O–H groups in total. The summed E-state index contributed by atoms with van der Waals surface area (Å²) in [6, 6.07) is 17.6. The summed E-state index contributed by atoms with van der Waals surface area (Å²) in [7, 11) is -3.47. The first-order valence-corrected chi connectivity index (χ1v) is 12.7. The maximum absolute atomic E-state index is 12.6. The Morgan fingerprint density at radius 1 is 0.871 bits per heavy atom. The first kappa shape index (κ1) is 22.3. The van der Waals surface area contributed by atoms with Crippen LogP contribution in [0.1, 0.15) is 37.7 Å². The maximum atomic E-state index is 12.6. The van der Waals surface area contributed by atoms with E-state index in [9.17, 15) is 8.42 Å². The van der Waals surface area contributed by atoms with Crippen molar-refractivity contribution in [3.8, 4) is 0 Å². The number of benzene rings is 2. The third-order valence-electron chi connectivity index (χ3n) is 6.13. The lowest BCUT2D eigenvalue weighted by Crippen LogP contribution is -2.45. The summed E-state index contributed by atoms with van der Waals surface area (Å²) < 4.78 is 39.5. The zero-order valence-electron chi connectivity index (χ0n) is 18.0.